The van der Waals surface area contributed by atoms with E-state index in [2.05, 4.69) is 10.3 Å². The predicted molar refractivity (Wildman–Crippen MR) is 55.4 cm³/mol. The van der Waals surface area contributed by atoms with Crippen molar-refractivity contribution in [2.45, 2.75) is 25.3 Å². The van der Waals surface area contributed by atoms with Crippen LogP contribution in [0.15, 0.2) is 18.3 Å². The van der Waals surface area contributed by atoms with Crippen LogP contribution in [-0.4, -0.2) is 18.6 Å². The summed E-state index contributed by atoms with van der Waals surface area (Å²) in [6.45, 7) is 1.11. The quantitative estimate of drug-likeness (QED) is 0.777. The van der Waals surface area contributed by atoms with Crippen LogP contribution in [0, 0.1) is 0 Å². The van der Waals surface area contributed by atoms with E-state index in [1.165, 1.54) is 19.3 Å². The molecule has 1 fully saturated rings. The standard InChI is InChI=1S/C11H16N2O/c1-14-9-5-6-11(13-8-9)10-4-2-3-7-12-10/h5-6,8,10,12H,2-4,7H2,1H3. The Balaban J connectivity index is 2.07. The number of pyridine rings is 1. The largest absolute Gasteiger partial charge is 0.495 e. The zero-order valence-corrected chi connectivity index (χ0v) is 8.49. The van der Waals surface area contributed by atoms with Gasteiger partial charge in [-0.05, 0) is 31.5 Å². The minimum atomic E-state index is 0.439. The number of nitrogens with zero attached hydrogens (tertiary/aromatic N) is 1. The summed E-state index contributed by atoms with van der Waals surface area (Å²) in [6.07, 6.45) is 5.56. The van der Waals surface area contributed by atoms with Gasteiger partial charge in [-0.15, -0.1) is 0 Å². The van der Waals surface area contributed by atoms with E-state index in [4.69, 9.17) is 4.74 Å². The molecule has 3 heteroatoms. The van der Waals surface area contributed by atoms with E-state index >= 15 is 0 Å². The molecule has 1 aliphatic rings. The number of methoxy groups -OCH3 is 1. The van der Waals surface area contributed by atoms with E-state index in [1.807, 2.05) is 12.1 Å². The molecule has 1 N–H and O–H groups in total. The first kappa shape index (κ1) is 9.46. The molecule has 1 aromatic heterocycles. The van der Waals surface area contributed by atoms with Gasteiger partial charge in [0, 0.05) is 6.04 Å². The van der Waals surface area contributed by atoms with Gasteiger partial charge in [0.25, 0.3) is 0 Å². The molecular weight excluding hydrogens is 176 g/mol. The van der Waals surface area contributed by atoms with Gasteiger partial charge < -0.3 is 10.1 Å². The molecule has 76 valence electrons. The molecule has 0 bridgehead atoms. The molecule has 1 unspecified atom stereocenters. The third-order valence-electron chi connectivity index (χ3n) is 2.66. The molecule has 0 aromatic carbocycles. The second kappa shape index (κ2) is 4.42. The smallest absolute Gasteiger partial charge is 0.137 e. The topological polar surface area (TPSA) is 34.1 Å². The Kier molecular flexibility index (Phi) is 2.99. The van der Waals surface area contributed by atoms with Gasteiger partial charge in [0.05, 0.1) is 19.0 Å². The van der Waals surface area contributed by atoms with Crippen LogP contribution in [0.3, 0.4) is 0 Å². The van der Waals surface area contributed by atoms with Crippen LogP contribution in [0.4, 0.5) is 0 Å². The Morgan fingerprint density at radius 2 is 2.36 bits per heavy atom. The van der Waals surface area contributed by atoms with Gasteiger partial charge in [0.15, 0.2) is 0 Å². The SMILES string of the molecule is COc1ccc(C2CCCCN2)nc1. The summed E-state index contributed by atoms with van der Waals surface area (Å²) in [4.78, 5) is 4.39. The maximum absolute atomic E-state index is 5.07. The molecule has 0 aliphatic carbocycles. The number of piperidine rings is 1. The molecule has 0 amide bonds. The summed E-state index contributed by atoms with van der Waals surface area (Å²) < 4.78 is 5.07. The second-order valence-corrected chi connectivity index (χ2v) is 3.63. The fourth-order valence-electron chi connectivity index (χ4n) is 1.82. The lowest BCUT2D eigenvalue weighted by molar-refractivity contribution is 0.398. The van der Waals surface area contributed by atoms with Crippen molar-refractivity contribution in [1.29, 1.82) is 0 Å². The Morgan fingerprint density at radius 3 is 2.93 bits per heavy atom. The van der Waals surface area contributed by atoms with Crippen LogP contribution in [0.5, 0.6) is 5.75 Å². The lowest BCUT2D eigenvalue weighted by Gasteiger charge is -2.22. The first-order chi connectivity index (χ1) is 6.90. The van der Waals surface area contributed by atoms with E-state index in [0.717, 1.165) is 18.0 Å². The van der Waals surface area contributed by atoms with Crippen molar-refractivity contribution in [1.82, 2.24) is 10.3 Å². The molecule has 1 aliphatic heterocycles. The molecule has 0 radical (unpaired) electrons. The van der Waals surface area contributed by atoms with Crippen molar-refractivity contribution in [3.8, 4) is 5.75 Å². The van der Waals surface area contributed by atoms with E-state index < -0.39 is 0 Å². The number of hydrogen-bond acceptors (Lipinski definition) is 3. The van der Waals surface area contributed by atoms with Gasteiger partial charge in [-0.1, -0.05) is 6.42 Å². The van der Waals surface area contributed by atoms with Crippen LogP contribution in [-0.2, 0) is 0 Å². The minimum Gasteiger partial charge on any atom is -0.495 e. The number of aromatic nitrogens is 1. The Morgan fingerprint density at radius 1 is 1.43 bits per heavy atom. The van der Waals surface area contributed by atoms with Crippen molar-refractivity contribution in [3.63, 3.8) is 0 Å². The Bertz CT molecular complexity index is 278. The van der Waals surface area contributed by atoms with Crippen LogP contribution < -0.4 is 10.1 Å². The molecule has 3 nitrogen and oxygen atoms in total. The van der Waals surface area contributed by atoms with Crippen LogP contribution in [0.2, 0.25) is 0 Å². The van der Waals surface area contributed by atoms with Gasteiger partial charge in [0.1, 0.15) is 5.75 Å². The summed E-state index contributed by atoms with van der Waals surface area (Å²) >= 11 is 0. The van der Waals surface area contributed by atoms with Gasteiger partial charge in [0.2, 0.25) is 0 Å². The number of nitrogens with one attached hydrogen (secondary N) is 1. The zero-order chi connectivity index (χ0) is 9.80. The molecule has 0 saturated carbocycles. The zero-order valence-electron chi connectivity index (χ0n) is 8.49. The fraction of sp³-hybridized carbons (Fsp3) is 0.545. The normalized spacial score (nSPS) is 21.9. The average Bonchev–Trinajstić information content (AvgIpc) is 2.30. The van der Waals surface area contributed by atoms with Crippen molar-refractivity contribution < 1.29 is 4.74 Å². The van der Waals surface area contributed by atoms with Crippen LogP contribution >= 0.6 is 0 Å². The summed E-state index contributed by atoms with van der Waals surface area (Å²) in [6, 6.07) is 4.45. The first-order valence-corrected chi connectivity index (χ1v) is 5.13. The molecule has 14 heavy (non-hydrogen) atoms. The maximum Gasteiger partial charge on any atom is 0.137 e. The molecular formula is C11H16N2O. The van der Waals surface area contributed by atoms with Crippen LogP contribution in [0.25, 0.3) is 0 Å². The molecule has 2 rings (SSSR count). The maximum atomic E-state index is 5.07. The molecule has 1 atom stereocenters. The monoisotopic (exact) mass is 192 g/mol. The number of hydrogen-bond donors (Lipinski definition) is 1. The van der Waals surface area contributed by atoms with Gasteiger partial charge >= 0.3 is 0 Å². The third kappa shape index (κ3) is 2.04. The summed E-state index contributed by atoms with van der Waals surface area (Å²) in [5.74, 6) is 0.824. The van der Waals surface area contributed by atoms with Gasteiger partial charge in [-0.3, -0.25) is 4.98 Å². The van der Waals surface area contributed by atoms with Gasteiger partial charge in [-0.2, -0.15) is 0 Å². The number of rotatable bonds is 2. The summed E-state index contributed by atoms with van der Waals surface area (Å²) in [5.41, 5.74) is 1.13. The highest BCUT2D eigenvalue weighted by Crippen LogP contribution is 2.22. The summed E-state index contributed by atoms with van der Waals surface area (Å²) in [7, 11) is 1.66. The highest BCUT2D eigenvalue weighted by Gasteiger charge is 2.15. The van der Waals surface area contributed by atoms with E-state index in [9.17, 15) is 0 Å². The molecule has 1 aromatic rings. The summed E-state index contributed by atoms with van der Waals surface area (Å²) in [5, 5.41) is 3.47. The van der Waals surface area contributed by atoms with Crippen molar-refractivity contribution in [2.75, 3.05) is 13.7 Å². The fourth-order valence-corrected chi connectivity index (χ4v) is 1.82. The minimum absolute atomic E-state index is 0.439. The average molecular weight is 192 g/mol. The molecule has 0 spiro atoms. The van der Waals surface area contributed by atoms with Crippen molar-refractivity contribution >= 4 is 0 Å². The van der Waals surface area contributed by atoms with E-state index in [1.54, 1.807) is 13.3 Å². The first-order valence-electron chi connectivity index (χ1n) is 5.13. The Labute approximate surface area is 84.5 Å². The highest BCUT2D eigenvalue weighted by atomic mass is 16.5. The highest BCUT2D eigenvalue weighted by molar-refractivity contribution is 5.21. The predicted octanol–water partition coefficient (Wildman–Crippen LogP) is 1.90. The van der Waals surface area contributed by atoms with E-state index in [-0.39, 0.29) is 0 Å². The van der Waals surface area contributed by atoms with Crippen molar-refractivity contribution in [2.24, 2.45) is 0 Å². The third-order valence-corrected chi connectivity index (χ3v) is 2.66. The second-order valence-electron chi connectivity index (χ2n) is 3.63. The van der Waals surface area contributed by atoms with Gasteiger partial charge in [-0.25, -0.2) is 0 Å². The lowest BCUT2D eigenvalue weighted by Crippen LogP contribution is -2.27. The Hall–Kier alpha value is -1.09. The van der Waals surface area contributed by atoms with Crippen molar-refractivity contribution in [3.05, 3.63) is 24.0 Å². The van der Waals surface area contributed by atoms with E-state index in [0.29, 0.717) is 6.04 Å². The lowest BCUT2D eigenvalue weighted by atomic mass is 10.0. The molecule has 2 heterocycles. The van der Waals surface area contributed by atoms with Crippen LogP contribution in [0.1, 0.15) is 31.0 Å². The number of ether oxygens (including phenoxy) is 1. The molecule has 1 saturated heterocycles.